The SMILES string of the molecule is NC1CCCc2ccc(OCCn3ccnc3)cc21. The normalized spacial score (nSPS) is 18.1. The van der Waals surface area contributed by atoms with Crippen molar-refractivity contribution in [2.75, 3.05) is 6.61 Å². The van der Waals surface area contributed by atoms with Gasteiger partial charge in [0.1, 0.15) is 12.4 Å². The minimum Gasteiger partial charge on any atom is -0.492 e. The molecule has 1 aliphatic rings. The summed E-state index contributed by atoms with van der Waals surface area (Å²) in [6.07, 6.45) is 8.91. The number of nitrogens with two attached hydrogens (primary N) is 1. The maximum Gasteiger partial charge on any atom is 0.119 e. The predicted molar refractivity (Wildman–Crippen MR) is 74.0 cm³/mol. The second-order valence-corrected chi connectivity index (χ2v) is 5.01. The molecule has 0 bridgehead atoms. The van der Waals surface area contributed by atoms with Gasteiger partial charge in [0.25, 0.3) is 0 Å². The molecule has 1 aromatic heterocycles. The van der Waals surface area contributed by atoms with E-state index in [0.717, 1.165) is 25.1 Å². The number of aromatic nitrogens is 2. The van der Waals surface area contributed by atoms with Crippen molar-refractivity contribution in [1.82, 2.24) is 9.55 Å². The summed E-state index contributed by atoms with van der Waals surface area (Å²) >= 11 is 0. The second kappa shape index (κ2) is 5.45. The Bertz CT molecular complexity index is 536. The molecule has 0 radical (unpaired) electrons. The van der Waals surface area contributed by atoms with Gasteiger partial charge in [0, 0.05) is 18.4 Å². The molecule has 100 valence electrons. The average molecular weight is 257 g/mol. The Morgan fingerprint density at radius 1 is 1.42 bits per heavy atom. The van der Waals surface area contributed by atoms with Crippen molar-refractivity contribution in [1.29, 1.82) is 0 Å². The Hall–Kier alpha value is -1.81. The van der Waals surface area contributed by atoms with Crippen LogP contribution in [0.15, 0.2) is 36.9 Å². The number of aryl methyl sites for hydroxylation is 1. The Labute approximate surface area is 113 Å². The van der Waals surface area contributed by atoms with Crippen molar-refractivity contribution in [2.45, 2.75) is 31.8 Å². The molecule has 0 aliphatic heterocycles. The van der Waals surface area contributed by atoms with E-state index in [-0.39, 0.29) is 6.04 Å². The van der Waals surface area contributed by atoms with Crippen LogP contribution in [0, 0.1) is 0 Å². The molecule has 4 nitrogen and oxygen atoms in total. The van der Waals surface area contributed by atoms with Gasteiger partial charge in [0.05, 0.1) is 12.9 Å². The third-order valence-corrected chi connectivity index (χ3v) is 3.66. The summed E-state index contributed by atoms with van der Waals surface area (Å²) in [5.74, 6) is 0.913. The summed E-state index contributed by atoms with van der Waals surface area (Å²) in [4.78, 5) is 4.01. The van der Waals surface area contributed by atoms with Gasteiger partial charge in [-0.1, -0.05) is 6.07 Å². The van der Waals surface area contributed by atoms with Crippen molar-refractivity contribution < 1.29 is 4.74 Å². The number of benzene rings is 1. The highest BCUT2D eigenvalue weighted by atomic mass is 16.5. The van der Waals surface area contributed by atoms with Crippen LogP contribution in [0.25, 0.3) is 0 Å². The molecule has 1 unspecified atom stereocenters. The van der Waals surface area contributed by atoms with Crippen molar-refractivity contribution >= 4 is 0 Å². The maximum atomic E-state index is 6.15. The first-order chi connectivity index (χ1) is 9.33. The van der Waals surface area contributed by atoms with E-state index in [4.69, 9.17) is 10.5 Å². The Kier molecular flexibility index (Phi) is 3.51. The van der Waals surface area contributed by atoms with Gasteiger partial charge in [-0.25, -0.2) is 4.98 Å². The maximum absolute atomic E-state index is 6.15. The van der Waals surface area contributed by atoms with Crippen molar-refractivity contribution in [3.05, 3.63) is 48.0 Å². The number of ether oxygens (including phenoxy) is 1. The van der Waals surface area contributed by atoms with Gasteiger partial charge in [0.15, 0.2) is 0 Å². The lowest BCUT2D eigenvalue weighted by Gasteiger charge is -2.22. The number of hydrogen-bond acceptors (Lipinski definition) is 3. The zero-order valence-corrected chi connectivity index (χ0v) is 11.0. The molecule has 0 spiro atoms. The van der Waals surface area contributed by atoms with Crippen LogP contribution in [0.3, 0.4) is 0 Å². The van der Waals surface area contributed by atoms with Gasteiger partial charge in [0.2, 0.25) is 0 Å². The number of nitrogens with zero attached hydrogens (tertiary/aromatic N) is 2. The highest BCUT2D eigenvalue weighted by Crippen LogP contribution is 2.30. The summed E-state index contributed by atoms with van der Waals surface area (Å²) in [5.41, 5.74) is 8.78. The van der Waals surface area contributed by atoms with Gasteiger partial charge in [-0.15, -0.1) is 0 Å². The molecule has 0 amide bonds. The molecule has 4 heteroatoms. The third-order valence-electron chi connectivity index (χ3n) is 3.66. The van der Waals surface area contributed by atoms with Crippen LogP contribution in [-0.2, 0) is 13.0 Å². The van der Waals surface area contributed by atoms with Crippen LogP contribution >= 0.6 is 0 Å². The van der Waals surface area contributed by atoms with Crippen LogP contribution in [0.1, 0.15) is 30.0 Å². The summed E-state index contributed by atoms with van der Waals surface area (Å²) in [7, 11) is 0. The third kappa shape index (κ3) is 2.79. The van der Waals surface area contributed by atoms with Crippen LogP contribution in [-0.4, -0.2) is 16.2 Å². The Balaban J connectivity index is 1.63. The van der Waals surface area contributed by atoms with Gasteiger partial charge < -0.3 is 15.0 Å². The van der Waals surface area contributed by atoms with Crippen LogP contribution in [0.2, 0.25) is 0 Å². The quantitative estimate of drug-likeness (QED) is 0.914. The minimum absolute atomic E-state index is 0.168. The molecule has 0 fully saturated rings. The molecule has 1 atom stereocenters. The topological polar surface area (TPSA) is 53.1 Å². The minimum atomic E-state index is 0.168. The lowest BCUT2D eigenvalue weighted by atomic mass is 9.88. The molecular formula is C15H19N3O. The number of hydrogen-bond donors (Lipinski definition) is 1. The van der Waals surface area contributed by atoms with Crippen LogP contribution in [0.5, 0.6) is 5.75 Å². The molecule has 0 saturated carbocycles. The lowest BCUT2D eigenvalue weighted by Crippen LogP contribution is -2.17. The predicted octanol–water partition coefficient (Wildman–Crippen LogP) is 2.30. The van der Waals surface area contributed by atoms with E-state index in [1.54, 1.807) is 12.5 Å². The second-order valence-electron chi connectivity index (χ2n) is 5.01. The van der Waals surface area contributed by atoms with Crippen LogP contribution < -0.4 is 10.5 Å². The highest BCUT2D eigenvalue weighted by Gasteiger charge is 2.17. The Morgan fingerprint density at radius 3 is 3.21 bits per heavy atom. The Morgan fingerprint density at radius 2 is 2.37 bits per heavy atom. The van der Waals surface area contributed by atoms with E-state index in [9.17, 15) is 0 Å². The molecular weight excluding hydrogens is 238 g/mol. The molecule has 1 aromatic carbocycles. The fourth-order valence-electron chi connectivity index (χ4n) is 2.59. The van der Waals surface area contributed by atoms with E-state index < -0.39 is 0 Å². The van der Waals surface area contributed by atoms with Crippen molar-refractivity contribution in [2.24, 2.45) is 5.73 Å². The molecule has 3 rings (SSSR count). The molecule has 1 aliphatic carbocycles. The van der Waals surface area contributed by atoms with Gasteiger partial charge >= 0.3 is 0 Å². The van der Waals surface area contributed by atoms with E-state index in [2.05, 4.69) is 17.1 Å². The number of imidazole rings is 1. The summed E-state index contributed by atoms with van der Waals surface area (Å²) < 4.78 is 7.79. The molecule has 1 heterocycles. The standard InChI is InChI=1S/C15H19N3O/c16-15-3-1-2-12-4-5-13(10-14(12)15)19-9-8-18-7-6-17-11-18/h4-7,10-11,15H,1-3,8-9,16H2. The first-order valence-electron chi connectivity index (χ1n) is 6.80. The fourth-order valence-corrected chi connectivity index (χ4v) is 2.59. The lowest BCUT2D eigenvalue weighted by molar-refractivity contribution is 0.297. The number of fused-ring (bicyclic) bond motifs is 1. The molecule has 19 heavy (non-hydrogen) atoms. The molecule has 2 aromatic rings. The van der Waals surface area contributed by atoms with Gasteiger partial charge in [-0.05, 0) is 42.5 Å². The zero-order valence-electron chi connectivity index (χ0n) is 11.0. The van der Waals surface area contributed by atoms with E-state index in [1.165, 1.54) is 17.5 Å². The van der Waals surface area contributed by atoms with Crippen molar-refractivity contribution in [3.63, 3.8) is 0 Å². The van der Waals surface area contributed by atoms with Crippen LogP contribution in [0.4, 0.5) is 0 Å². The highest BCUT2D eigenvalue weighted by molar-refractivity contribution is 5.39. The largest absolute Gasteiger partial charge is 0.492 e. The van der Waals surface area contributed by atoms with E-state index in [0.29, 0.717) is 6.61 Å². The summed E-state index contributed by atoms with van der Waals surface area (Å²) in [6, 6.07) is 6.47. The summed E-state index contributed by atoms with van der Waals surface area (Å²) in [6.45, 7) is 1.45. The average Bonchev–Trinajstić information content (AvgIpc) is 2.93. The smallest absolute Gasteiger partial charge is 0.119 e. The van der Waals surface area contributed by atoms with E-state index >= 15 is 0 Å². The molecule has 2 N–H and O–H groups in total. The fraction of sp³-hybridized carbons (Fsp3) is 0.400. The monoisotopic (exact) mass is 257 g/mol. The first-order valence-corrected chi connectivity index (χ1v) is 6.80. The summed E-state index contributed by atoms with van der Waals surface area (Å²) in [5, 5.41) is 0. The van der Waals surface area contributed by atoms with Gasteiger partial charge in [-0.3, -0.25) is 0 Å². The molecule has 0 saturated heterocycles. The zero-order chi connectivity index (χ0) is 13.1. The number of rotatable bonds is 4. The van der Waals surface area contributed by atoms with Gasteiger partial charge in [-0.2, -0.15) is 0 Å². The van der Waals surface area contributed by atoms with E-state index in [1.807, 2.05) is 16.8 Å². The van der Waals surface area contributed by atoms with Crippen molar-refractivity contribution in [3.8, 4) is 5.75 Å². The first kappa shape index (κ1) is 12.2.